The van der Waals surface area contributed by atoms with Gasteiger partial charge in [0, 0.05) is 6.20 Å². The molecule has 0 amide bonds. The number of hydrogen-bond acceptors (Lipinski definition) is 2. The van der Waals surface area contributed by atoms with Crippen LogP contribution in [0.25, 0.3) is 0 Å². The van der Waals surface area contributed by atoms with Gasteiger partial charge in [-0.1, -0.05) is 48.9 Å². The van der Waals surface area contributed by atoms with Crippen molar-refractivity contribution < 1.29 is 0 Å². The Morgan fingerprint density at radius 2 is 1.94 bits per heavy atom. The van der Waals surface area contributed by atoms with Gasteiger partial charge in [-0.05, 0) is 24.2 Å². The van der Waals surface area contributed by atoms with Crippen LogP contribution in [0.5, 0.6) is 0 Å². The number of benzene rings is 1. The Bertz CT molecular complexity index is 471. The van der Waals surface area contributed by atoms with Gasteiger partial charge in [0.1, 0.15) is 0 Å². The van der Waals surface area contributed by atoms with Crippen LogP contribution in [-0.4, -0.2) is 11.5 Å². The Hall–Kier alpha value is -1.38. The van der Waals surface area contributed by atoms with Crippen LogP contribution < -0.4 is 5.32 Å². The first-order chi connectivity index (χ1) is 8.33. The van der Waals surface area contributed by atoms with E-state index in [1.165, 1.54) is 5.56 Å². The summed E-state index contributed by atoms with van der Waals surface area (Å²) in [6.45, 7) is 2.94. The van der Waals surface area contributed by atoms with Gasteiger partial charge < -0.3 is 5.32 Å². The molecule has 88 valence electrons. The average molecular weight is 247 g/mol. The Morgan fingerprint density at radius 1 is 1.18 bits per heavy atom. The van der Waals surface area contributed by atoms with Gasteiger partial charge in [-0.15, -0.1) is 0 Å². The van der Waals surface area contributed by atoms with Crippen LogP contribution in [0, 0.1) is 0 Å². The van der Waals surface area contributed by atoms with E-state index in [9.17, 15) is 0 Å². The SMILES string of the molecule is CCNC(c1ccccc1)c1ncccc1Cl. The largest absolute Gasteiger partial charge is 0.305 e. The summed E-state index contributed by atoms with van der Waals surface area (Å²) in [7, 11) is 0. The quantitative estimate of drug-likeness (QED) is 0.894. The number of aromatic nitrogens is 1. The third-order valence-corrected chi connectivity index (χ3v) is 2.92. The van der Waals surface area contributed by atoms with Gasteiger partial charge in [-0.25, -0.2) is 0 Å². The maximum Gasteiger partial charge on any atom is 0.0804 e. The minimum Gasteiger partial charge on any atom is -0.305 e. The minimum atomic E-state index is 0.0508. The molecule has 0 aliphatic heterocycles. The number of hydrogen-bond donors (Lipinski definition) is 1. The molecule has 0 spiro atoms. The van der Waals surface area contributed by atoms with E-state index in [0.29, 0.717) is 5.02 Å². The van der Waals surface area contributed by atoms with E-state index in [0.717, 1.165) is 12.2 Å². The van der Waals surface area contributed by atoms with Crippen LogP contribution in [0.2, 0.25) is 5.02 Å². The van der Waals surface area contributed by atoms with Crippen molar-refractivity contribution >= 4 is 11.6 Å². The van der Waals surface area contributed by atoms with E-state index in [-0.39, 0.29) is 6.04 Å². The maximum absolute atomic E-state index is 6.20. The number of rotatable bonds is 4. The maximum atomic E-state index is 6.20. The van der Waals surface area contributed by atoms with Crippen molar-refractivity contribution in [2.24, 2.45) is 0 Å². The zero-order valence-corrected chi connectivity index (χ0v) is 10.5. The standard InChI is InChI=1S/C14H15ClN2/c1-2-16-13(11-7-4-3-5-8-11)14-12(15)9-6-10-17-14/h3-10,13,16H,2H2,1H3. The highest BCUT2D eigenvalue weighted by atomic mass is 35.5. The van der Waals surface area contributed by atoms with Crippen LogP contribution in [0.15, 0.2) is 48.7 Å². The predicted molar refractivity (Wildman–Crippen MR) is 71.2 cm³/mol. The molecule has 2 aromatic rings. The Labute approximate surface area is 107 Å². The molecule has 0 bridgehead atoms. The molecule has 1 unspecified atom stereocenters. The summed E-state index contributed by atoms with van der Waals surface area (Å²) in [4.78, 5) is 4.38. The lowest BCUT2D eigenvalue weighted by Gasteiger charge is -2.18. The second-order valence-electron chi connectivity index (χ2n) is 3.77. The molecular weight excluding hydrogens is 232 g/mol. The van der Waals surface area contributed by atoms with Crippen LogP contribution in [0.4, 0.5) is 0 Å². The third-order valence-electron chi connectivity index (χ3n) is 2.60. The van der Waals surface area contributed by atoms with Gasteiger partial charge in [0.25, 0.3) is 0 Å². The van der Waals surface area contributed by atoms with Crippen molar-refractivity contribution in [3.8, 4) is 0 Å². The highest BCUT2D eigenvalue weighted by molar-refractivity contribution is 6.31. The Balaban J connectivity index is 2.39. The Kier molecular flexibility index (Phi) is 4.13. The van der Waals surface area contributed by atoms with Crippen LogP contribution >= 0.6 is 11.6 Å². The van der Waals surface area contributed by atoms with Crippen molar-refractivity contribution in [1.82, 2.24) is 10.3 Å². The molecule has 0 saturated carbocycles. The molecule has 0 saturated heterocycles. The van der Waals surface area contributed by atoms with E-state index in [1.54, 1.807) is 6.20 Å². The molecule has 0 aliphatic rings. The van der Waals surface area contributed by atoms with Gasteiger partial charge in [-0.2, -0.15) is 0 Å². The van der Waals surface area contributed by atoms with Crippen molar-refractivity contribution in [2.45, 2.75) is 13.0 Å². The molecule has 2 nitrogen and oxygen atoms in total. The molecule has 3 heteroatoms. The third kappa shape index (κ3) is 2.84. The smallest absolute Gasteiger partial charge is 0.0804 e. The first-order valence-electron chi connectivity index (χ1n) is 5.71. The lowest BCUT2D eigenvalue weighted by atomic mass is 10.0. The van der Waals surface area contributed by atoms with Crippen molar-refractivity contribution in [3.05, 3.63) is 64.9 Å². The summed E-state index contributed by atoms with van der Waals surface area (Å²) in [5.41, 5.74) is 2.05. The van der Waals surface area contributed by atoms with Crippen molar-refractivity contribution in [2.75, 3.05) is 6.54 Å². The highest BCUT2D eigenvalue weighted by Gasteiger charge is 2.16. The molecule has 1 aromatic carbocycles. The molecular formula is C14H15ClN2. The fraction of sp³-hybridized carbons (Fsp3) is 0.214. The highest BCUT2D eigenvalue weighted by Crippen LogP contribution is 2.25. The van der Waals surface area contributed by atoms with E-state index in [2.05, 4.69) is 29.4 Å². The second-order valence-corrected chi connectivity index (χ2v) is 4.18. The number of halogens is 1. The molecule has 1 aromatic heterocycles. The van der Waals surface area contributed by atoms with Crippen LogP contribution in [-0.2, 0) is 0 Å². The van der Waals surface area contributed by atoms with Crippen molar-refractivity contribution in [3.63, 3.8) is 0 Å². The molecule has 17 heavy (non-hydrogen) atoms. The molecule has 0 radical (unpaired) electrons. The lowest BCUT2D eigenvalue weighted by Crippen LogP contribution is -2.23. The predicted octanol–water partition coefficient (Wildman–Crippen LogP) is 3.43. The number of pyridine rings is 1. The monoisotopic (exact) mass is 246 g/mol. The summed E-state index contributed by atoms with van der Waals surface area (Å²) >= 11 is 6.20. The van der Waals surface area contributed by atoms with E-state index in [4.69, 9.17) is 11.6 Å². The summed E-state index contributed by atoms with van der Waals surface area (Å²) in [6.07, 6.45) is 1.77. The van der Waals surface area contributed by atoms with E-state index < -0.39 is 0 Å². The molecule has 1 heterocycles. The molecule has 1 N–H and O–H groups in total. The van der Waals surface area contributed by atoms with Gasteiger partial charge in [0.05, 0.1) is 16.8 Å². The fourth-order valence-corrected chi connectivity index (χ4v) is 2.06. The first-order valence-corrected chi connectivity index (χ1v) is 6.09. The van der Waals surface area contributed by atoms with Crippen LogP contribution in [0.1, 0.15) is 24.2 Å². The number of nitrogens with one attached hydrogen (secondary N) is 1. The molecule has 0 fully saturated rings. The van der Waals surface area contributed by atoms with Gasteiger partial charge in [-0.3, -0.25) is 4.98 Å². The average Bonchev–Trinajstić information content (AvgIpc) is 2.38. The summed E-state index contributed by atoms with van der Waals surface area (Å²) < 4.78 is 0. The Morgan fingerprint density at radius 3 is 2.59 bits per heavy atom. The van der Waals surface area contributed by atoms with Crippen molar-refractivity contribution in [1.29, 1.82) is 0 Å². The topological polar surface area (TPSA) is 24.9 Å². The normalized spacial score (nSPS) is 12.4. The van der Waals surface area contributed by atoms with Gasteiger partial charge in [0.2, 0.25) is 0 Å². The summed E-state index contributed by atoms with van der Waals surface area (Å²) in [5, 5.41) is 4.11. The van der Waals surface area contributed by atoms with E-state index in [1.807, 2.05) is 30.3 Å². The molecule has 0 aliphatic carbocycles. The zero-order chi connectivity index (χ0) is 12.1. The summed E-state index contributed by atoms with van der Waals surface area (Å²) in [6, 6.07) is 14.0. The van der Waals surface area contributed by atoms with Crippen LogP contribution in [0.3, 0.4) is 0 Å². The summed E-state index contributed by atoms with van der Waals surface area (Å²) in [5.74, 6) is 0. The first kappa shape index (κ1) is 12.1. The van der Waals surface area contributed by atoms with Gasteiger partial charge >= 0.3 is 0 Å². The second kappa shape index (κ2) is 5.80. The number of nitrogens with zero attached hydrogens (tertiary/aromatic N) is 1. The lowest BCUT2D eigenvalue weighted by molar-refractivity contribution is 0.616. The van der Waals surface area contributed by atoms with Gasteiger partial charge in [0.15, 0.2) is 0 Å². The molecule has 2 rings (SSSR count). The van der Waals surface area contributed by atoms with E-state index >= 15 is 0 Å². The zero-order valence-electron chi connectivity index (χ0n) is 9.73. The fourth-order valence-electron chi connectivity index (χ4n) is 1.83. The minimum absolute atomic E-state index is 0.0508. The molecule has 1 atom stereocenters.